The highest BCUT2D eigenvalue weighted by atomic mass is 15.0. The molecule has 0 aromatic rings. The Kier molecular flexibility index (Phi) is 1.65. The summed E-state index contributed by atoms with van der Waals surface area (Å²) in [4.78, 5) is 0. The van der Waals surface area contributed by atoms with Crippen LogP contribution in [-0.2, 0) is 0 Å². The van der Waals surface area contributed by atoms with Crippen molar-refractivity contribution in [1.82, 2.24) is 10.6 Å². The molecular formula is C5H12N2. The van der Waals surface area contributed by atoms with Crippen LogP contribution in [0.5, 0.6) is 0 Å². The Hall–Kier alpha value is -0.0800. The molecule has 0 spiro atoms. The molecule has 1 rings (SSSR count). The van der Waals surface area contributed by atoms with Gasteiger partial charge in [-0.25, -0.2) is 0 Å². The van der Waals surface area contributed by atoms with Gasteiger partial charge >= 0.3 is 0 Å². The lowest BCUT2D eigenvalue weighted by molar-refractivity contribution is 0.718. The summed E-state index contributed by atoms with van der Waals surface area (Å²) in [6, 6.07) is 0. The van der Waals surface area contributed by atoms with Gasteiger partial charge in [0.15, 0.2) is 0 Å². The Balaban J connectivity index is 2.17. The largest absolute Gasteiger partial charge is 0.315 e. The van der Waals surface area contributed by atoms with E-state index < -0.39 is 0 Å². The fraction of sp³-hybridized carbons (Fsp3) is 1.00. The maximum Gasteiger partial charge on any atom is 0.122 e. The number of nitrogens with one attached hydrogen (secondary N) is 2. The topological polar surface area (TPSA) is 24.1 Å². The molecule has 1 saturated heterocycles. The highest BCUT2D eigenvalue weighted by Gasteiger charge is 1.92. The SMILES string of the molecule is [3H]N1CCCNCC1. The monoisotopic (exact) mass is 102 g/mol. The van der Waals surface area contributed by atoms with Gasteiger partial charge in [-0.3, -0.25) is 0 Å². The van der Waals surface area contributed by atoms with Gasteiger partial charge in [-0.15, -0.1) is 0 Å². The third kappa shape index (κ3) is 1.90. The lowest BCUT2D eigenvalue weighted by Crippen LogP contribution is -2.21. The van der Waals surface area contributed by atoms with Crippen molar-refractivity contribution in [3.05, 3.63) is 0 Å². The average molecular weight is 102 g/mol. The maximum atomic E-state index is 7.21. The summed E-state index contributed by atoms with van der Waals surface area (Å²) in [5.41, 5.74) is 0. The van der Waals surface area contributed by atoms with Crippen LogP contribution < -0.4 is 10.6 Å². The Morgan fingerprint density at radius 2 is 2.14 bits per heavy atom. The standard InChI is InChI=1S/C5H12N2/c1-2-6-4-5-7-3-1/h6-7H,1-5H2/i/hT. The van der Waals surface area contributed by atoms with Crippen LogP contribution in [0.2, 0.25) is 1.41 Å². The van der Waals surface area contributed by atoms with E-state index in [-0.39, 0.29) is 0 Å². The van der Waals surface area contributed by atoms with Crippen molar-refractivity contribution >= 4 is 0 Å². The fourth-order valence-electron chi connectivity index (χ4n) is 0.711. The summed E-state index contributed by atoms with van der Waals surface area (Å²) in [5, 5.41) is 4.83. The molecule has 1 fully saturated rings. The molecule has 0 aromatic heterocycles. The molecule has 0 aliphatic carbocycles. The van der Waals surface area contributed by atoms with Crippen molar-refractivity contribution in [2.45, 2.75) is 6.42 Å². The number of rotatable bonds is 0. The lowest BCUT2D eigenvalue weighted by atomic mass is 10.4. The van der Waals surface area contributed by atoms with Crippen LogP contribution in [-0.4, -0.2) is 26.2 Å². The summed E-state index contributed by atoms with van der Waals surface area (Å²) >= 11 is 0. The van der Waals surface area contributed by atoms with Gasteiger partial charge in [0, 0.05) is 13.1 Å². The molecule has 0 amide bonds. The summed E-state index contributed by atoms with van der Waals surface area (Å²) < 4.78 is 7.21. The third-order valence-electron chi connectivity index (χ3n) is 1.12. The third-order valence-corrected chi connectivity index (χ3v) is 1.12. The normalized spacial score (nSPS) is 28.9. The molecule has 7 heavy (non-hydrogen) atoms. The van der Waals surface area contributed by atoms with Gasteiger partial charge in [-0.1, -0.05) is 0 Å². The first-order chi connectivity index (χ1) is 3.89. The van der Waals surface area contributed by atoms with Crippen molar-refractivity contribution in [2.24, 2.45) is 0 Å². The predicted molar refractivity (Wildman–Crippen MR) is 30.4 cm³/mol. The van der Waals surface area contributed by atoms with Gasteiger partial charge in [-0.2, -0.15) is 0 Å². The van der Waals surface area contributed by atoms with E-state index in [2.05, 4.69) is 5.32 Å². The molecule has 1 heterocycles. The van der Waals surface area contributed by atoms with Crippen molar-refractivity contribution in [3.8, 4) is 0 Å². The van der Waals surface area contributed by atoms with E-state index in [1.807, 2.05) is 0 Å². The van der Waals surface area contributed by atoms with Crippen LogP contribution in [0.15, 0.2) is 0 Å². The zero-order valence-electron chi connectivity index (χ0n) is 5.48. The first-order valence-corrected chi connectivity index (χ1v) is 2.84. The Morgan fingerprint density at radius 1 is 1.14 bits per heavy atom. The van der Waals surface area contributed by atoms with Gasteiger partial charge in [0.05, 0.1) is 0 Å². The summed E-state index contributed by atoms with van der Waals surface area (Å²) in [6.07, 6.45) is 1.11. The van der Waals surface area contributed by atoms with Gasteiger partial charge in [0.1, 0.15) is 1.41 Å². The van der Waals surface area contributed by atoms with Gasteiger partial charge < -0.3 is 10.6 Å². The number of hydrogen-bond acceptors (Lipinski definition) is 2. The first kappa shape index (κ1) is 3.87. The van der Waals surface area contributed by atoms with E-state index in [1.54, 1.807) is 5.31 Å². The van der Waals surface area contributed by atoms with Crippen LogP contribution >= 0.6 is 0 Å². The molecular weight excluding hydrogens is 88.1 g/mol. The fourth-order valence-corrected chi connectivity index (χ4v) is 0.711. The molecule has 2 nitrogen and oxygen atoms in total. The molecule has 0 atom stereocenters. The summed E-state index contributed by atoms with van der Waals surface area (Å²) in [5.74, 6) is 0. The molecule has 0 aromatic carbocycles. The quantitative estimate of drug-likeness (QED) is 0.433. The van der Waals surface area contributed by atoms with E-state index in [9.17, 15) is 0 Å². The molecule has 2 heteroatoms. The highest BCUT2D eigenvalue weighted by molar-refractivity contribution is 4.57. The predicted octanol–water partition coefficient (Wildman–Crippen LogP) is -0.431. The molecule has 2 N–H and O–H groups in total. The Morgan fingerprint density at radius 3 is 3.14 bits per heavy atom. The van der Waals surface area contributed by atoms with E-state index in [0.717, 1.165) is 32.6 Å². The molecule has 0 bridgehead atoms. The Bertz CT molecular complexity index is 59.4. The van der Waals surface area contributed by atoms with E-state index in [0.29, 0.717) is 0 Å². The molecule has 0 radical (unpaired) electrons. The molecule has 0 unspecified atom stereocenters. The molecule has 42 valence electrons. The van der Waals surface area contributed by atoms with E-state index >= 15 is 0 Å². The second-order valence-corrected chi connectivity index (χ2v) is 1.77. The van der Waals surface area contributed by atoms with Gasteiger partial charge in [0.25, 0.3) is 0 Å². The van der Waals surface area contributed by atoms with Gasteiger partial charge in [0.2, 0.25) is 0 Å². The molecule has 0 saturated carbocycles. The van der Waals surface area contributed by atoms with Crippen molar-refractivity contribution in [3.63, 3.8) is 0 Å². The lowest BCUT2D eigenvalue weighted by Gasteiger charge is -1.92. The molecule has 1 aliphatic heterocycles. The summed E-state index contributed by atoms with van der Waals surface area (Å²) in [7, 11) is 0. The molecule has 1 aliphatic rings. The van der Waals surface area contributed by atoms with Crippen molar-refractivity contribution < 1.29 is 1.41 Å². The zero-order valence-corrected chi connectivity index (χ0v) is 4.48. The second-order valence-electron chi connectivity index (χ2n) is 1.77. The number of hydrogen-bond donors (Lipinski definition) is 2. The highest BCUT2D eigenvalue weighted by Crippen LogP contribution is 1.75. The van der Waals surface area contributed by atoms with Crippen LogP contribution in [0.1, 0.15) is 6.42 Å². The van der Waals surface area contributed by atoms with Crippen molar-refractivity contribution in [2.75, 3.05) is 26.2 Å². The minimum atomic E-state index is 0.875. The van der Waals surface area contributed by atoms with Crippen molar-refractivity contribution in [1.29, 1.82) is 0 Å². The summed E-state index contributed by atoms with van der Waals surface area (Å²) in [6.45, 7) is 3.85. The van der Waals surface area contributed by atoms with E-state index in [4.69, 9.17) is 1.41 Å². The second kappa shape index (κ2) is 2.99. The first-order valence-electron chi connectivity index (χ1n) is 3.29. The van der Waals surface area contributed by atoms with Crippen LogP contribution in [0.25, 0.3) is 0 Å². The zero-order chi connectivity index (χ0) is 5.82. The minimum Gasteiger partial charge on any atom is -0.315 e. The minimum absolute atomic E-state index is 0.875. The maximum absolute atomic E-state index is 7.21. The van der Waals surface area contributed by atoms with Crippen LogP contribution in [0.3, 0.4) is 0 Å². The van der Waals surface area contributed by atoms with Gasteiger partial charge in [-0.05, 0) is 19.5 Å². The van der Waals surface area contributed by atoms with E-state index in [1.165, 1.54) is 0 Å². The Labute approximate surface area is 45.8 Å². The average Bonchev–Trinajstić information content (AvgIpc) is 1.94. The van der Waals surface area contributed by atoms with Crippen LogP contribution in [0, 0.1) is 0 Å². The van der Waals surface area contributed by atoms with Crippen LogP contribution in [0.4, 0.5) is 0 Å². The smallest absolute Gasteiger partial charge is 0.122 e.